The zero-order chi connectivity index (χ0) is 17.7. The van der Waals surface area contributed by atoms with Crippen LogP contribution in [0.4, 0.5) is 0 Å². The van der Waals surface area contributed by atoms with Gasteiger partial charge in [0.25, 0.3) is 5.91 Å². The number of aliphatic carboxylic acids is 1. The number of ether oxygens (including phenoxy) is 1. The van der Waals surface area contributed by atoms with Crippen molar-refractivity contribution in [1.82, 2.24) is 5.32 Å². The molecule has 0 radical (unpaired) electrons. The number of halogens is 3. The van der Waals surface area contributed by atoms with Crippen molar-refractivity contribution in [2.75, 3.05) is 0 Å². The molecule has 0 fully saturated rings. The minimum absolute atomic E-state index is 0.194. The van der Waals surface area contributed by atoms with E-state index in [-0.39, 0.29) is 26.7 Å². The van der Waals surface area contributed by atoms with E-state index in [0.29, 0.717) is 6.42 Å². The van der Waals surface area contributed by atoms with Gasteiger partial charge in [-0.1, -0.05) is 55.1 Å². The predicted molar refractivity (Wildman–Crippen MR) is 90.6 cm³/mol. The largest absolute Gasteiger partial charge is 0.480 e. The van der Waals surface area contributed by atoms with Crippen molar-refractivity contribution < 1.29 is 19.4 Å². The minimum Gasteiger partial charge on any atom is -0.480 e. The summed E-state index contributed by atoms with van der Waals surface area (Å²) in [6.45, 7) is 5.09. The van der Waals surface area contributed by atoms with Crippen LogP contribution in [0, 0.1) is 5.92 Å². The first-order chi connectivity index (χ1) is 10.7. The number of carboxylic acid groups (broad SMARTS) is 1. The Labute approximate surface area is 149 Å². The van der Waals surface area contributed by atoms with E-state index in [1.165, 1.54) is 19.1 Å². The van der Waals surface area contributed by atoms with Crippen LogP contribution in [0.5, 0.6) is 5.75 Å². The molecule has 128 valence electrons. The number of carboxylic acids is 1. The molecule has 0 heterocycles. The van der Waals surface area contributed by atoms with Gasteiger partial charge in [0.2, 0.25) is 0 Å². The van der Waals surface area contributed by atoms with Crippen molar-refractivity contribution in [2.45, 2.75) is 39.3 Å². The Morgan fingerprint density at radius 2 is 1.74 bits per heavy atom. The molecule has 0 spiro atoms. The van der Waals surface area contributed by atoms with Crippen molar-refractivity contribution in [3.8, 4) is 5.75 Å². The van der Waals surface area contributed by atoms with Crippen LogP contribution < -0.4 is 10.1 Å². The molecular weight excluding hydrogens is 365 g/mol. The molecule has 8 heteroatoms. The van der Waals surface area contributed by atoms with Crippen molar-refractivity contribution in [3.63, 3.8) is 0 Å². The Morgan fingerprint density at radius 1 is 1.17 bits per heavy atom. The molecule has 23 heavy (non-hydrogen) atoms. The Kier molecular flexibility index (Phi) is 7.45. The first-order valence-electron chi connectivity index (χ1n) is 7.01. The van der Waals surface area contributed by atoms with E-state index in [9.17, 15) is 14.7 Å². The van der Waals surface area contributed by atoms with Crippen LogP contribution in [-0.2, 0) is 9.59 Å². The van der Waals surface area contributed by atoms with Gasteiger partial charge in [-0.2, -0.15) is 0 Å². The van der Waals surface area contributed by atoms with Crippen LogP contribution in [0.15, 0.2) is 12.1 Å². The maximum absolute atomic E-state index is 12.1. The van der Waals surface area contributed by atoms with Crippen LogP contribution in [0.1, 0.15) is 27.2 Å². The number of hydrogen-bond acceptors (Lipinski definition) is 3. The Bertz CT molecular complexity index is 594. The molecule has 1 rings (SSSR count). The Balaban J connectivity index is 2.81. The van der Waals surface area contributed by atoms with Crippen molar-refractivity contribution in [1.29, 1.82) is 0 Å². The summed E-state index contributed by atoms with van der Waals surface area (Å²) in [7, 11) is 0. The van der Waals surface area contributed by atoms with Gasteiger partial charge in [-0.15, -0.1) is 0 Å². The van der Waals surface area contributed by atoms with Gasteiger partial charge in [-0.05, 0) is 18.9 Å². The lowest BCUT2D eigenvalue weighted by Crippen LogP contribution is -2.49. The lowest BCUT2D eigenvalue weighted by molar-refractivity contribution is -0.144. The number of carbonyl (C=O) groups is 2. The summed E-state index contributed by atoms with van der Waals surface area (Å²) >= 11 is 17.7. The third-order valence-corrected chi connectivity index (χ3v) is 4.44. The van der Waals surface area contributed by atoms with Gasteiger partial charge in [0.05, 0.1) is 15.1 Å². The maximum Gasteiger partial charge on any atom is 0.326 e. The first kappa shape index (κ1) is 19.9. The molecule has 3 atom stereocenters. The molecule has 0 bridgehead atoms. The standard InChI is InChI=1S/C15H18Cl3NO4/c1-4-7(2)13(15(21)22)19-14(20)8(3)23-12-6-10(17)9(16)5-11(12)18/h5-8,13H,4H2,1-3H3,(H,19,20)(H,21,22). The second-order valence-corrected chi connectivity index (χ2v) is 6.39. The predicted octanol–water partition coefficient (Wildman–Crippen LogP) is 4.03. The molecule has 5 nitrogen and oxygen atoms in total. The lowest BCUT2D eigenvalue weighted by Gasteiger charge is -2.23. The monoisotopic (exact) mass is 381 g/mol. The van der Waals surface area contributed by atoms with Crippen LogP contribution in [0.2, 0.25) is 15.1 Å². The molecule has 0 aliphatic rings. The van der Waals surface area contributed by atoms with Gasteiger partial charge in [0, 0.05) is 6.07 Å². The average Bonchev–Trinajstić information content (AvgIpc) is 2.48. The number of benzene rings is 1. The smallest absolute Gasteiger partial charge is 0.326 e. The van der Waals surface area contributed by atoms with E-state index < -0.39 is 24.0 Å². The third kappa shape index (κ3) is 5.44. The Hall–Kier alpha value is -1.17. The van der Waals surface area contributed by atoms with Crippen LogP contribution in [-0.4, -0.2) is 29.1 Å². The summed E-state index contributed by atoms with van der Waals surface area (Å²) in [5.74, 6) is -1.66. The number of amides is 1. The average molecular weight is 383 g/mol. The van der Waals surface area contributed by atoms with Crippen molar-refractivity contribution in [3.05, 3.63) is 27.2 Å². The zero-order valence-corrected chi connectivity index (χ0v) is 15.2. The van der Waals surface area contributed by atoms with E-state index in [2.05, 4.69) is 5.32 Å². The van der Waals surface area contributed by atoms with E-state index in [4.69, 9.17) is 39.5 Å². The third-order valence-electron chi connectivity index (χ3n) is 3.42. The highest BCUT2D eigenvalue weighted by Crippen LogP contribution is 2.34. The number of carbonyl (C=O) groups excluding carboxylic acids is 1. The van der Waals surface area contributed by atoms with Crippen molar-refractivity contribution in [2.24, 2.45) is 5.92 Å². The molecule has 1 aromatic rings. The Morgan fingerprint density at radius 3 is 2.26 bits per heavy atom. The van der Waals surface area contributed by atoms with E-state index in [0.717, 1.165) is 0 Å². The summed E-state index contributed by atoms with van der Waals surface area (Å²) in [6.07, 6.45) is -0.332. The molecule has 1 aromatic carbocycles. The number of hydrogen-bond donors (Lipinski definition) is 2. The van der Waals surface area contributed by atoms with Gasteiger partial charge >= 0.3 is 5.97 Å². The molecule has 3 unspecified atom stereocenters. The quantitative estimate of drug-likeness (QED) is 0.698. The van der Waals surface area contributed by atoms with Gasteiger partial charge in [-0.3, -0.25) is 4.79 Å². The molecule has 0 aliphatic carbocycles. The summed E-state index contributed by atoms with van der Waals surface area (Å²) < 4.78 is 5.46. The highest BCUT2D eigenvalue weighted by Gasteiger charge is 2.28. The first-order valence-corrected chi connectivity index (χ1v) is 8.15. The highest BCUT2D eigenvalue weighted by molar-refractivity contribution is 6.43. The molecule has 0 saturated heterocycles. The summed E-state index contributed by atoms with van der Waals surface area (Å²) in [6, 6.07) is 1.83. The summed E-state index contributed by atoms with van der Waals surface area (Å²) in [5, 5.41) is 12.4. The fraction of sp³-hybridized carbons (Fsp3) is 0.467. The molecular formula is C15H18Cl3NO4. The molecule has 0 aromatic heterocycles. The van der Waals surface area contributed by atoms with Crippen LogP contribution in [0.25, 0.3) is 0 Å². The summed E-state index contributed by atoms with van der Waals surface area (Å²) in [5.41, 5.74) is 0. The second kappa shape index (κ2) is 8.62. The van der Waals surface area contributed by atoms with E-state index in [1.54, 1.807) is 6.92 Å². The van der Waals surface area contributed by atoms with Crippen molar-refractivity contribution >= 4 is 46.7 Å². The molecule has 0 saturated carbocycles. The molecule has 1 amide bonds. The topological polar surface area (TPSA) is 75.6 Å². The second-order valence-electron chi connectivity index (χ2n) is 5.17. The fourth-order valence-electron chi connectivity index (χ4n) is 1.79. The normalized spacial score (nSPS) is 14.7. The minimum atomic E-state index is -1.09. The van der Waals surface area contributed by atoms with E-state index >= 15 is 0 Å². The maximum atomic E-state index is 12.1. The molecule has 0 aliphatic heterocycles. The van der Waals surface area contributed by atoms with E-state index in [1.807, 2.05) is 6.92 Å². The summed E-state index contributed by atoms with van der Waals surface area (Å²) in [4.78, 5) is 23.4. The van der Waals surface area contributed by atoms with Crippen LogP contribution >= 0.6 is 34.8 Å². The number of rotatable bonds is 7. The number of nitrogens with one attached hydrogen (secondary N) is 1. The van der Waals surface area contributed by atoms with Crippen LogP contribution in [0.3, 0.4) is 0 Å². The van der Waals surface area contributed by atoms with Gasteiger partial charge < -0.3 is 15.2 Å². The SMILES string of the molecule is CCC(C)C(NC(=O)C(C)Oc1cc(Cl)c(Cl)cc1Cl)C(=O)O. The van der Waals surface area contributed by atoms with Gasteiger partial charge in [0.1, 0.15) is 11.8 Å². The lowest BCUT2D eigenvalue weighted by atomic mass is 9.99. The zero-order valence-electron chi connectivity index (χ0n) is 12.9. The van der Waals surface area contributed by atoms with Gasteiger partial charge in [-0.25, -0.2) is 4.79 Å². The molecule has 2 N–H and O–H groups in total. The fourth-order valence-corrected chi connectivity index (χ4v) is 2.37. The highest BCUT2D eigenvalue weighted by atomic mass is 35.5. The van der Waals surface area contributed by atoms with Gasteiger partial charge in [0.15, 0.2) is 6.10 Å².